The Bertz CT molecular complexity index is 620. The van der Waals surface area contributed by atoms with Crippen LogP contribution in [-0.2, 0) is 11.2 Å². The van der Waals surface area contributed by atoms with E-state index in [1.807, 2.05) is 6.92 Å². The highest BCUT2D eigenvalue weighted by Gasteiger charge is 2.25. The quantitative estimate of drug-likeness (QED) is 0.886. The third-order valence-electron chi connectivity index (χ3n) is 4.20. The molecule has 0 aliphatic heterocycles. The van der Waals surface area contributed by atoms with Crippen LogP contribution in [0.4, 0.5) is 5.95 Å². The van der Waals surface area contributed by atoms with Crippen LogP contribution in [0.5, 0.6) is 0 Å². The Morgan fingerprint density at radius 1 is 1.43 bits per heavy atom. The normalized spacial score (nSPS) is 18.0. The summed E-state index contributed by atoms with van der Waals surface area (Å²) in [7, 11) is 1.73. The lowest BCUT2D eigenvalue weighted by molar-refractivity contribution is 0.163. The molecule has 1 aromatic heterocycles. The monoisotopic (exact) mass is 285 g/mol. The van der Waals surface area contributed by atoms with E-state index in [-0.39, 0.29) is 6.04 Å². The van der Waals surface area contributed by atoms with Crippen molar-refractivity contribution in [2.45, 2.75) is 32.2 Å². The van der Waals surface area contributed by atoms with Gasteiger partial charge in [-0.15, -0.1) is 0 Å². The summed E-state index contributed by atoms with van der Waals surface area (Å²) in [6, 6.07) is 8.97. The first-order valence-corrected chi connectivity index (χ1v) is 7.55. The molecule has 0 saturated carbocycles. The molecular weight excluding hydrogens is 262 g/mol. The minimum Gasteiger partial charge on any atom is -0.383 e. The van der Waals surface area contributed by atoms with Crippen LogP contribution in [0.2, 0.25) is 0 Å². The predicted molar refractivity (Wildman–Crippen MR) is 84.9 cm³/mol. The Labute approximate surface area is 126 Å². The van der Waals surface area contributed by atoms with E-state index >= 15 is 0 Å². The van der Waals surface area contributed by atoms with E-state index in [1.165, 1.54) is 11.1 Å². The van der Waals surface area contributed by atoms with E-state index in [1.54, 1.807) is 7.11 Å². The lowest BCUT2D eigenvalue weighted by Gasteiger charge is -2.30. The van der Waals surface area contributed by atoms with Crippen molar-refractivity contribution in [2.75, 3.05) is 25.6 Å². The van der Waals surface area contributed by atoms with Crippen LogP contribution in [0.15, 0.2) is 30.5 Å². The van der Waals surface area contributed by atoms with E-state index in [0.29, 0.717) is 12.5 Å². The molecule has 21 heavy (non-hydrogen) atoms. The first kappa shape index (κ1) is 14.1. The van der Waals surface area contributed by atoms with Crippen LogP contribution < -0.4 is 5.32 Å². The van der Waals surface area contributed by atoms with Crippen molar-refractivity contribution in [3.8, 4) is 0 Å². The third-order valence-corrected chi connectivity index (χ3v) is 4.20. The number of ether oxygens (including phenoxy) is 1. The maximum atomic E-state index is 5.25. The number of nitrogens with one attached hydrogen (secondary N) is 1. The largest absolute Gasteiger partial charge is 0.383 e. The van der Waals surface area contributed by atoms with Crippen molar-refractivity contribution in [3.63, 3.8) is 0 Å². The molecule has 2 atom stereocenters. The molecule has 4 nitrogen and oxygen atoms in total. The molecule has 4 heteroatoms. The summed E-state index contributed by atoms with van der Waals surface area (Å²) in [5, 5.41) is 3.51. The van der Waals surface area contributed by atoms with Crippen LogP contribution in [0, 0.1) is 6.92 Å². The molecule has 0 amide bonds. The van der Waals surface area contributed by atoms with Gasteiger partial charge >= 0.3 is 0 Å². The van der Waals surface area contributed by atoms with Crippen LogP contribution in [-0.4, -0.2) is 29.8 Å². The topological polar surface area (TPSA) is 39.1 Å². The fourth-order valence-corrected chi connectivity index (χ4v) is 3.06. The number of benzene rings is 1. The Morgan fingerprint density at radius 2 is 2.24 bits per heavy atom. The molecule has 0 saturated heterocycles. The minimum atomic E-state index is 0.285. The molecule has 1 aliphatic carbocycles. The fraction of sp³-hybridized carbons (Fsp3) is 0.471. The number of fused-ring (bicyclic) bond motifs is 1. The number of aromatic nitrogens is 2. The fourth-order valence-electron chi connectivity index (χ4n) is 3.06. The van der Waals surface area contributed by atoms with Gasteiger partial charge in [0.05, 0.1) is 18.3 Å². The number of methoxy groups -OCH3 is 1. The molecule has 1 aliphatic rings. The standard InChI is InChI=1S/C17H23N3O/c1-12-10-20(13(2)11-21-3)17(19-12)18-9-15-8-14-6-4-5-7-16(14)15/h4-7,10,13,15H,8-9,11H2,1-3H3,(H,18,19). The molecule has 1 heterocycles. The van der Waals surface area contributed by atoms with Gasteiger partial charge in [-0.3, -0.25) is 0 Å². The average Bonchev–Trinajstić information content (AvgIpc) is 2.81. The van der Waals surface area contributed by atoms with Crippen molar-refractivity contribution >= 4 is 5.95 Å². The highest BCUT2D eigenvalue weighted by Crippen LogP contribution is 2.34. The second-order valence-electron chi connectivity index (χ2n) is 5.90. The van der Waals surface area contributed by atoms with Gasteiger partial charge in [-0.25, -0.2) is 4.98 Å². The SMILES string of the molecule is COCC(C)n1cc(C)nc1NCC1Cc2ccccc21. The predicted octanol–water partition coefficient (Wildman–Crippen LogP) is 3.15. The van der Waals surface area contributed by atoms with Crippen molar-refractivity contribution in [1.29, 1.82) is 0 Å². The maximum absolute atomic E-state index is 5.25. The number of hydrogen-bond acceptors (Lipinski definition) is 3. The molecule has 0 radical (unpaired) electrons. The first-order valence-electron chi connectivity index (χ1n) is 7.55. The molecule has 2 aromatic rings. The second kappa shape index (κ2) is 5.90. The number of rotatable bonds is 6. The van der Waals surface area contributed by atoms with Crippen molar-refractivity contribution in [2.24, 2.45) is 0 Å². The summed E-state index contributed by atoms with van der Waals surface area (Å²) < 4.78 is 7.42. The molecule has 0 bridgehead atoms. The van der Waals surface area contributed by atoms with Gasteiger partial charge in [0.25, 0.3) is 0 Å². The highest BCUT2D eigenvalue weighted by molar-refractivity contribution is 5.42. The number of hydrogen-bond donors (Lipinski definition) is 1. The van der Waals surface area contributed by atoms with Crippen LogP contribution in [0.1, 0.15) is 35.7 Å². The van der Waals surface area contributed by atoms with E-state index in [2.05, 4.69) is 52.3 Å². The van der Waals surface area contributed by atoms with Gasteiger partial charge in [-0.05, 0) is 31.4 Å². The summed E-state index contributed by atoms with van der Waals surface area (Å²) in [6.07, 6.45) is 3.25. The van der Waals surface area contributed by atoms with Crippen molar-refractivity contribution in [3.05, 3.63) is 47.3 Å². The van der Waals surface area contributed by atoms with Gasteiger partial charge < -0.3 is 14.6 Å². The molecule has 0 fully saturated rings. The Kier molecular flexibility index (Phi) is 3.97. The number of imidazole rings is 1. The summed E-state index contributed by atoms with van der Waals surface area (Å²) in [6.45, 7) is 5.80. The summed E-state index contributed by atoms with van der Waals surface area (Å²) in [4.78, 5) is 4.60. The zero-order chi connectivity index (χ0) is 14.8. The highest BCUT2D eigenvalue weighted by atomic mass is 16.5. The number of nitrogens with zero attached hydrogens (tertiary/aromatic N) is 2. The van der Waals surface area contributed by atoms with Gasteiger partial charge in [0, 0.05) is 25.8 Å². The number of anilines is 1. The summed E-state index contributed by atoms with van der Waals surface area (Å²) in [5.41, 5.74) is 4.00. The summed E-state index contributed by atoms with van der Waals surface area (Å²) in [5.74, 6) is 1.55. The van der Waals surface area contributed by atoms with Gasteiger partial charge in [0.1, 0.15) is 0 Å². The minimum absolute atomic E-state index is 0.285. The van der Waals surface area contributed by atoms with Crippen LogP contribution in [0.25, 0.3) is 0 Å². The van der Waals surface area contributed by atoms with Crippen LogP contribution >= 0.6 is 0 Å². The van der Waals surface area contributed by atoms with E-state index in [4.69, 9.17) is 4.74 Å². The van der Waals surface area contributed by atoms with Crippen molar-refractivity contribution < 1.29 is 4.74 Å². The summed E-state index contributed by atoms with van der Waals surface area (Å²) >= 11 is 0. The smallest absolute Gasteiger partial charge is 0.203 e. The van der Waals surface area contributed by atoms with E-state index in [0.717, 1.165) is 24.6 Å². The van der Waals surface area contributed by atoms with E-state index < -0.39 is 0 Å². The molecular formula is C17H23N3O. The molecule has 1 aromatic carbocycles. The van der Waals surface area contributed by atoms with Crippen LogP contribution in [0.3, 0.4) is 0 Å². The first-order chi connectivity index (χ1) is 10.2. The zero-order valence-corrected chi connectivity index (χ0v) is 13.0. The number of aryl methyl sites for hydroxylation is 1. The lowest BCUT2D eigenvalue weighted by Crippen LogP contribution is -2.25. The Morgan fingerprint density at radius 3 is 3.00 bits per heavy atom. The maximum Gasteiger partial charge on any atom is 0.203 e. The third kappa shape index (κ3) is 2.81. The molecule has 1 N–H and O–H groups in total. The zero-order valence-electron chi connectivity index (χ0n) is 13.0. The van der Waals surface area contributed by atoms with Gasteiger partial charge in [0.15, 0.2) is 0 Å². The molecule has 0 spiro atoms. The van der Waals surface area contributed by atoms with E-state index in [9.17, 15) is 0 Å². The second-order valence-corrected chi connectivity index (χ2v) is 5.90. The van der Waals surface area contributed by atoms with Gasteiger partial charge in [-0.2, -0.15) is 0 Å². The molecule has 112 valence electrons. The average molecular weight is 285 g/mol. The lowest BCUT2D eigenvalue weighted by atomic mass is 9.78. The van der Waals surface area contributed by atoms with Gasteiger partial charge in [-0.1, -0.05) is 24.3 Å². The molecule has 2 unspecified atom stereocenters. The van der Waals surface area contributed by atoms with Gasteiger partial charge in [0.2, 0.25) is 5.95 Å². The molecule has 3 rings (SSSR count). The van der Waals surface area contributed by atoms with Crippen molar-refractivity contribution in [1.82, 2.24) is 9.55 Å². The Balaban J connectivity index is 1.66. The Hall–Kier alpha value is -1.81.